The molecule has 0 heterocycles. The summed E-state index contributed by atoms with van der Waals surface area (Å²) in [5, 5.41) is 0. The van der Waals surface area contributed by atoms with E-state index in [1.807, 2.05) is 27.7 Å². The van der Waals surface area contributed by atoms with Gasteiger partial charge in [-0.2, -0.15) is 0 Å². The Hall–Kier alpha value is 0.110. The minimum Gasteiger partial charge on any atom is -0.290 e. The Labute approximate surface area is 92.9 Å². The minimum atomic E-state index is -3.41. The van der Waals surface area contributed by atoms with Gasteiger partial charge < -0.3 is 0 Å². The first-order chi connectivity index (χ1) is 6.60. The van der Waals surface area contributed by atoms with Crippen LogP contribution in [0.5, 0.6) is 0 Å². The molecule has 0 aromatic heterocycles. The second-order valence-electron chi connectivity index (χ2n) is 4.90. The largest absolute Gasteiger partial charge is 0.475 e. The monoisotopic (exact) mass is 238 g/mol. The fraction of sp³-hybridized carbons (Fsp3) is 1.00. The van der Waals surface area contributed by atoms with Gasteiger partial charge in [-0.3, -0.25) is 13.6 Å². The molecule has 0 aromatic rings. The highest BCUT2D eigenvalue weighted by Gasteiger charge is 2.33. The lowest BCUT2D eigenvalue weighted by Crippen LogP contribution is -2.26. The maximum absolute atomic E-state index is 12.0. The summed E-state index contributed by atoms with van der Waals surface area (Å²) in [5.41, 5.74) is -0.103. The van der Waals surface area contributed by atoms with Crippen molar-refractivity contribution in [3.8, 4) is 0 Å². The van der Waals surface area contributed by atoms with Gasteiger partial charge in [-0.05, 0) is 26.2 Å². The molecule has 0 spiro atoms. The maximum atomic E-state index is 12.0. The SMILES string of the molecule is COP(=O)(OC(C)C)OC(C)C(C)(C)C. The zero-order valence-electron chi connectivity index (χ0n) is 10.7. The number of phosphoric acid groups is 1. The number of hydrogen-bond acceptors (Lipinski definition) is 4. The van der Waals surface area contributed by atoms with Crippen molar-refractivity contribution in [2.45, 2.75) is 53.8 Å². The topological polar surface area (TPSA) is 44.8 Å². The fourth-order valence-electron chi connectivity index (χ4n) is 0.721. The van der Waals surface area contributed by atoms with Crippen molar-refractivity contribution in [2.24, 2.45) is 5.41 Å². The lowest BCUT2D eigenvalue weighted by molar-refractivity contribution is 0.0339. The van der Waals surface area contributed by atoms with Crippen LogP contribution in [0.3, 0.4) is 0 Å². The summed E-state index contributed by atoms with van der Waals surface area (Å²) in [7, 11) is -2.08. The molecular formula is C10H23O4P. The van der Waals surface area contributed by atoms with Gasteiger partial charge in [0, 0.05) is 7.11 Å². The summed E-state index contributed by atoms with van der Waals surface area (Å²) in [4.78, 5) is 0. The zero-order valence-corrected chi connectivity index (χ0v) is 11.6. The number of rotatable bonds is 5. The van der Waals surface area contributed by atoms with E-state index < -0.39 is 7.82 Å². The van der Waals surface area contributed by atoms with Crippen LogP contribution in [0.1, 0.15) is 41.5 Å². The summed E-state index contributed by atoms with van der Waals surface area (Å²) in [6, 6.07) is 0. The van der Waals surface area contributed by atoms with Gasteiger partial charge in [-0.1, -0.05) is 20.8 Å². The highest BCUT2D eigenvalue weighted by atomic mass is 31.2. The van der Waals surface area contributed by atoms with E-state index in [0.717, 1.165) is 0 Å². The van der Waals surface area contributed by atoms with Crippen LogP contribution in [0.25, 0.3) is 0 Å². The van der Waals surface area contributed by atoms with Crippen LogP contribution >= 0.6 is 7.82 Å². The van der Waals surface area contributed by atoms with Crippen molar-refractivity contribution in [3.63, 3.8) is 0 Å². The molecule has 4 nitrogen and oxygen atoms in total. The first kappa shape index (κ1) is 15.1. The Kier molecular flexibility index (Phi) is 5.48. The van der Waals surface area contributed by atoms with Gasteiger partial charge in [0.25, 0.3) is 0 Å². The average molecular weight is 238 g/mol. The number of phosphoric ester groups is 1. The molecule has 0 saturated heterocycles. The van der Waals surface area contributed by atoms with Crippen molar-refractivity contribution in [1.82, 2.24) is 0 Å². The molecule has 0 N–H and O–H groups in total. The Balaban J connectivity index is 4.51. The lowest BCUT2D eigenvalue weighted by Gasteiger charge is -2.30. The van der Waals surface area contributed by atoms with Crippen LogP contribution in [-0.4, -0.2) is 19.3 Å². The Morgan fingerprint density at radius 1 is 1.07 bits per heavy atom. The summed E-state index contributed by atoms with van der Waals surface area (Å²) >= 11 is 0. The van der Waals surface area contributed by atoms with E-state index in [-0.39, 0.29) is 17.6 Å². The van der Waals surface area contributed by atoms with E-state index >= 15 is 0 Å². The molecule has 0 saturated carbocycles. The summed E-state index contributed by atoms with van der Waals surface area (Å²) in [6.07, 6.45) is -0.398. The van der Waals surface area contributed by atoms with E-state index in [1.165, 1.54) is 7.11 Å². The van der Waals surface area contributed by atoms with E-state index in [1.54, 1.807) is 13.8 Å². The van der Waals surface area contributed by atoms with Crippen LogP contribution < -0.4 is 0 Å². The molecule has 0 aliphatic carbocycles. The van der Waals surface area contributed by atoms with Crippen LogP contribution in [0, 0.1) is 5.41 Å². The first-order valence-electron chi connectivity index (χ1n) is 5.13. The highest BCUT2D eigenvalue weighted by Crippen LogP contribution is 2.52. The van der Waals surface area contributed by atoms with Gasteiger partial charge in [0.2, 0.25) is 0 Å². The molecule has 2 atom stereocenters. The van der Waals surface area contributed by atoms with Gasteiger partial charge in [-0.15, -0.1) is 0 Å². The third kappa shape index (κ3) is 5.67. The molecule has 0 radical (unpaired) electrons. The molecule has 0 bridgehead atoms. The molecule has 0 fully saturated rings. The standard InChI is InChI=1S/C10H23O4P/c1-8(2)13-15(11,12-7)14-9(3)10(4,5)6/h8-9H,1-7H3. The Morgan fingerprint density at radius 2 is 1.53 bits per heavy atom. The van der Waals surface area contributed by atoms with Gasteiger partial charge >= 0.3 is 7.82 Å². The second-order valence-corrected chi connectivity index (χ2v) is 6.58. The van der Waals surface area contributed by atoms with Crippen LogP contribution in [0.4, 0.5) is 0 Å². The van der Waals surface area contributed by atoms with Gasteiger partial charge in [-0.25, -0.2) is 4.57 Å². The van der Waals surface area contributed by atoms with Crippen molar-refractivity contribution >= 4 is 7.82 Å². The molecule has 5 heteroatoms. The zero-order chi connectivity index (χ0) is 12.3. The van der Waals surface area contributed by atoms with E-state index in [9.17, 15) is 4.57 Å². The van der Waals surface area contributed by atoms with Crippen molar-refractivity contribution < 1.29 is 18.1 Å². The molecular weight excluding hydrogens is 215 g/mol. The minimum absolute atomic E-state index is 0.103. The quantitative estimate of drug-likeness (QED) is 0.686. The average Bonchev–Trinajstić information content (AvgIpc) is 2.00. The number of hydrogen-bond donors (Lipinski definition) is 0. The first-order valence-corrected chi connectivity index (χ1v) is 6.59. The van der Waals surface area contributed by atoms with Crippen molar-refractivity contribution in [1.29, 1.82) is 0 Å². The molecule has 0 amide bonds. The van der Waals surface area contributed by atoms with E-state index in [0.29, 0.717) is 0 Å². The van der Waals surface area contributed by atoms with Gasteiger partial charge in [0.1, 0.15) is 0 Å². The summed E-state index contributed by atoms with van der Waals surface area (Å²) in [6.45, 7) is 11.5. The smallest absolute Gasteiger partial charge is 0.290 e. The van der Waals surface area contributed by atoms with Crippen molar-refractivity contribution in [2.75, 3.05) is 7.11 Å². The fourth-order valence-corrected chi connectivity index (χ4v) is 2.16. The molecule has 15 heavy (non-hydrogen) atoms. The molecule has 92 valence electrons. The Bertz CT molecular complexity index is 232. The summed E-state index contributed by atoms with van der Waals surface area (Å²) < 4.78 is 27.3. The molecule has 0 aromatic carbocycles. The van der Waals surface area contributed by atoms with Crippen molar-refractivity contribution in [3.05, 3.63) is 0 Å². The molecule has 0 aliphatic heterocycles. The molecule has 2 unspecified atom stereocenters. The summed E-state index contributed by atoms with van der Waals surface area (Å²) in [5.74, 6) is 0. The second kappa shape index (κ2) is 5.44. The van der Waals surface area contributed by atoms with Gasteiger partial charge in [0.15, 0.2) is 0 Å². The normalized spacial score (nSPS) is 18.9. The lowest BCUT2D eigenvalue weighted by atomic mass is 9.91. The predicted molar refractivity (Wildman–Crippen MR) is 60.8 cm³/mol. The van der Waals surface area contributed by atoms with E-state index in [2.05, 4.69) is 0 Å². The van der Waals surface area contributed by atoms with Crippen LogP contribution in [-0.2, 0) is 18.1 Å². The van der Waals surface area contributed by atoms with E-state index in [4.69, 9.17) is 13.6 Å². The van der Waals surface area contributed by atoms with Gasteiger partial charge in [0.05, 0.1) is 12.2 Å². The van der Waals surface area contributed by atoms with Crippen LogP contribution in [0.15, 0.2) is 0 Å². The molecule has 0 rings (SSSR count). The van der Waals surface area contributed by atoms with Crippen LogP contribution in [0.2, 0.25) is 0 Å². The maximum Gasteiger partial charge on any atom is 0.475 e. The highest BCUT2D eigenvalue weighted by molar-refractivity contribution is 7.48. The third-order valence-corrected chi connectivity index (χ3v) is 3.77. The Morgan fingerprint density at radius 3 is 1.80 bits per heavy atom. The third-order valence-electron chi connectivity index (χ3n) is 2.07. The molecule has 0 aliphatic rings. The predicted octanol–water partition coefficient (Wildman–Crippen LogP) is 3.62.